The standard InChI is InChI=1S/C15H11FO2/c16-12-8-6-10(7-9-12)13(17)15-14(18-15)11-4-2-1-3-5-11/h1-9,14-15H/t14-,15-/m1/s1. The van der Waals surface area contributed by atoms with Crippen molar-refractivity contribution in [3.05, 3.63) is 71.5 Å². The van der Waals surface area contributed by atoms with Gasteiger partial charge in [0.15, 0.2) is 11.9 Å². The van der Waals surface area contributed by atoms with E-state index in [0.717, 1.165) is 5.56 Å². The van der Waals surface area contributed by atoms with Crippen molar-refractivity contribution < 1.29 is 13.9 Å². The van der Waals surface area contributed by atoms with E-state index in [9.17, 15) is 9.18 Å². The van der Waals surface area contributed by atoms with Gasteiger partial charge in [-0.3, -0.25) is 4.79 Å². The lowest BCUT2D eigenvalue weighted by molar-refractivity contribution is 0.0953. The molecular formula is C15H11FO2. The Morgan fingerprint density at radius 3 is 2.33 bits per heavy atom. The van der Waals surface area contributed by atoms with Crippen molar-refractivity contribution in [1.29, 1.82) is 0 Å². The summed E-state index contributed by atoms with van der Waals surface area (Å²) >= 11 is 0. The summed E-state index contributed by atoms with van der Waals surface area (Å²) in [5, 5.41) is 0. The molecule has 90 valence electrons. The first-order valence-electron chi connectivity index (χ1n) is 5.76. The number of epoxide rings is 1. The fraction of sp³-hybridized carbons (Fsp3) is 0.133. The van der Waals surface area contributed by atoms with Gasteiger partial charge in [0.2, 0.25) is 0 Å². The average molecular weight is 242 g/mol. The summed E-state index contributed by atoms with van der Waals surface area (Å²) in [7, 11) is 0. The monoisotopic (exact) mass is 242 g/mol. The van der Waals surface area contributed by atoms with Crippen LogP contribution in [0.2, 0.25) is 0 Å². The Hall–Kier alpha value is -2.00. The van der Waals surface area contributed by atoms with Crippen LogP contribution >= 0.6 is 0 Å². The third-order valence-electron chi connectivity index (χ3n) is 3.01. The molecule has 0 bridgehead atoms. The number of ketones is 1. The van der Waals surface area contributed by atoms with Crippen molar-refractivity contribution in [2.75, 3.05) is 0 Å². The van der Waals surface area contributed by atoms with Gasteiger partial charge in [0.25, 0.3) is 0 Å². The third-order valence-corrected chi connectivity index (χ3v) is 3.01. The van der Waals surface area contributed by atoms with E-state index in [4.69, 9.17) is 4.74 Å². The van der Waals surface area contributed by atoms with Crippen LogP contribution in [0.5, 0.6) is 0 Å². The first-order chi connectivity index (χ1) is 8.75. The fourth-order valence-corrected chi connectivity index (χ4v) is 1.99. The molecule has 0 saturated carbocycles. The van der Waals surface area contributed by atoms with Gasteiger partial charge in [-0.15, -0.1) is 0 Å². The van der Waals surface area contributed by atoms with Crippen LogP contribution in [0.4, 0.5) is 4.39 Å². The Morgan fingerprint density at radius 1 is 1.00 bits per heavy atom. The maximum Gasteiger partial charge on any atom is 0.194 e. The van der Waals surface area contributed by atoms with Gasteiger partial charge in [0.1, 0.15) is 11.9 Å². The first kappa shape index (κ1) is 11.1. The van der Waals surface area contributed by atoms with Crippen molar-refractivity contribution in [3.63, 3.8) is 0 Å². The van der Waals surface area contributed by atoms with Crippen LogP contribution < -0.4 is 0 Å². The van der Waals surface area contributed by atoms with E-state index in [-0.39, 0.29) is 17.7 Å². The molecule has 18 heavy (non-hydrogen) atoms. The number of hydrogen-bond donors (Lipinski definition) is 0. The summed E-state index contributed by atoms with van der Waals surface area (Å²) in [5.41, 5.74) is 1.48. The minimum absolute atomic E-state index is 0.0937. The molecule has 2 nitrogen and oxygen atoms in total. The van der Waals surface area contributed by atoms with E-state index < -0.39 is 6.10 Å². The topological polar surface area (TPSA) is 29.6 Å². The summed E-state index contributed by atoms with van der Waals surface area (Å²) in [5.74, 6) is -0.438. The van der Waals surface area contributed by atoms with Crippen molar-refractivity contribution in [2.24, 2.45) is 0 Å². The number of ether oxygens (including phenoxy) is 1. The Labute approximate surface area is 104 Å². The Bertz CT molecular complexity index is 563. The second-order valence-electron chi connectivity index (χ2n) is 4.26. The quantitative estimate of drug-likeness (QED) is 0.611. The van der Waals surface area contributed by atoms with Crippen LogP contribution in [0, 0.1) is 5.82 Å². The Kier molecular flexibility index (Phi) is 2.68. The van der Waals surface area contributed by atoms with Crippen molar-refractivity contribution in [1.82, 2.24) is 0 Å². The zero-order valence-electron chi connectivity index (χ0n) is 9.55. The molecule has 2 aromatic carbocycles. The molecule has 2 aromatic rings. The summed E-state index contributed by atoms with van der Waals surface area (Å²) in [6, 6.07) is 15.2. The zero-order valence-corrected chi connectivity index (χ0v) is 9.55. The zero-order chi connectivity index (χ0) is 12.5. The highest BCUT2D eigenvalue weighted by Gasteiger charge is 2.45. The van der Waals surface area contributed by atoms with E-state index in [1.54, 1.807) is 0 Å². The highest BCUT2D eigenvalue weighted by Crippen LogP contribution is 2.40. The number of halogens is 1. The van der Waals surface area contributed by atoms with Gasteiger partial charge in [-0.25, -0.2) is 4.39 Å². The molecule has 3 heteroatoms. The minimum atomic E-state index is -0.433. The number of carbonyl (C=O) groups is 1. The van der Waals surface area contributed by atoms with Crippen LogP contribution in [0.25, 0.3) is 0 Å². The average Bonchev–Trinajstić information content (AvgIpc) is 3.20. The Balaban J connectivity index is 1.75. The summed E-state index contributed by atoms with van der Waals surface area (Å²) in [6.45, 7) is 0. The maximum absolute atomic E-state index is 12.8. The molecule has 0 unspecified atom stereocenters. The molecule has 0 N–H and O–H groups in total. The number of rotatable bonds is 3. The lowest BCUT2D eigenvalue weighted by Crippen LogP contribution is -2.08. The molecule has 3 rings (SSSR count). The van der Waals surface area contributed by atoms with E-state index in [0.29, 0.717) is 5.56 Å². The second-order valence-corrected chi connectivity index (χ2v) is 4.26. The number of carbonyl (C=O) groups excluding carboxylic acids is 1. The largest absolute Gasteiger partial charge is 0.356 e. The smallest absolute Gasteiger partial charge is 0.194 e. The highest BCUT2D eigenvalue weighted by molar-refractivity contribution is 6.01. The van der Waals surface area contributed by atoms with Gasteiger partial charge in [0.05, 0.1) is 0 Å². The number of Topliss-reactive ketones (excluding diaryl/α,β-unsaturated/α-hetero) is 1. The SMILES string of the molecule is O=C(c1ccc(F)cc1)[C@H]1O[C@@H]1c1ccccc1. The molecule has 1 aliphatic rings. The summed E-state index contributed by atoms with van der Waals surface area (Å²) in [4.78, 5) is 12.1. The van der Waals surface area contributed by atoms with E-state index in [2.05, 4.69) is 0 Å². The molecule has 1 fully saturated rings. The van der Waals surface area contributed by atoms with Crippen LogP contribution in [0.3, 0.4) is 0 Å². The molecule has 2 atom stereocenters. The predicted molar refractivity (Wildman–Crippen MR) is 64.8 cm³/mol. The predicted octanol–water partition coefficient (Wildman–Crippen LogP) is 3.15. The van der Waals surface area contributed by atoms with Crippen molar-refractivity contribution in [3.8, 4) is 0 Å². The minimum Gasteiger partial charge on any atom is -0.356 e. The molecule has 0 aliphatic carbocycles. The van der Waals surface area contributed by atoms with Gasteiger partial charge in [-0.05, 0) is 29.8 Å². The van der Waals surface area contributed by atoms with Crippen LogP contribution in [-0.4, -0.2) is 11.9 Å². The molecule has 1 heterocycles. The Morgan fingerprint density at radius 2 is 1.67 bits per heavy atom. The first-order valence-corrected chi connectivity index (χ1v) is 5.76. The highest BCUT2D eigenvalue weighted by atomic mass is 19.1. The molecule has 0 radical (unpaired) electrons. The van der Waals surface area contributed by atoms with Crippen LogP contribution in [0.15, 0.2) is 54.6 Å². The lowest BCUT2D eigenvalue weighted by atomic mass is 10.0. The van der Waals surface area contributed by atoms with Gasteiger partial charge in [-0.1, -0.05) is 30.3 Å². The van der Waals surface area contributed by atoms with E-state index in [1.807, 2.05) is 30.3 Å². The van der Waals surface area contributed by atoms with Crippen molar-refractivity contribution >= 4 is 5.78 Å². The van der Waals surface area contributed by atoms with Crippen LogP contribution in [0.1, 0.15) is 22.0 Å². The molecular weight excluding hydrogens is 231 g/mol. The third kappa shape index (κ3) is 2.05. The number of hydrogen-bond acceptors (Lipinski definition) is 2. The van der Waals surface area contributed by atoms with E-state index >= 15 is 0 Å². The lowest BCUT2D eigenvalue weighted by Gasteiger charge is -1.97. The molecule has 0 aromatic heterocycles. The van der Waals surface area contributed by atoms with Gasteiger partial charge in [-0.2, -0.15) is 0 Å². The van der Waals surface area contributed by atoms with Gasteiger partial charge in [0, 0.05) is 5.56 Å². The van der Waals surface area contributed by atoms with Gasteiger partial charge >= 0.3 is 0 Å². The maximum atomic E-state index is 12.8. The van der Waals surface area contributed by atoms with E-state index in [1.165, 1.54) is 24.3 Å². The number of benzene rings is 2. The van der Waals surface area contributed by atoms with Crippen LogP contribution in [-0.2, 0) is 4.74 Å². The summed E-state index contributed by atoms with van der Waals surface area (Å²) in [6.07, 6.45) is -0.596. The second kappa shape index (κ2) is 4.35. The normalized spacial score (nSPS) is 21.6. The molecule has 1 aliphatic heterocycles. The molecule has 1 saturated heterocycles. The molecule has 0 spiro atoms. The van der Waals surface area contributed by atoms with Gasteiger partial charge < -0.3 is 4.74 Å². The molecule has 0 amide bonds. The fourth-order valence-electron chi connectivity index (χ4n) is 1.99. The summed E-state index contributed by atoms with van der Waals surface area (Å²) < 4.78 is 18.2. The van der Waals surface area contributed by atoms with Crippen molar-refractivity contribution in [2.45, 2.75) is 12.2 Å².